The maximum atomic E-state index is 13.0. The van der Waals surface area contributed by atoms with Crippen LogP contribution in [0.5, 0.6) is 11.5 Å². The molecular weight excluding hydrogens is 388 g/mol. The van der Waals surface area contributed by atoms with Crippen LogP contribution in [0.4, 0.5) is 0 Å². The van der Waals surface area contributed by atoms with E-state index >= 15 is 0 Å². The Bertz CT molecular complexity index is 1440. The summed E-state index contributed by atoms with van der Waals surface area (Å²) in [6.45, 7) is 8.48. The Hall–Kier alpha value is -3.27. The fourth-order valence-corrected chi connectivity index (χ4v) is 5.29. The summed E-state index contributed by atoms with van der Waals surface area (Å²) in [5.74, 6) is 2.46. The normalized spacial score (nSPS) is 21.0. The molecule has 3 heterocycles. The van der Waals surface area contributed by atoms with Gasteiger partial charge >= 0.3 is 0 Å². The smallest absolute Gasteiger partial charge is 0.195 e. The Morgan fingerprint density at radius 2 is 1.77 bits per heavy atom. The molecule has 0 bridgehead atoms. The van der Waals surface area contributed by atoms with Crippen LogP contribution in [0, 0.1) is 19.8 Å². The SMILES string of the molecule is Cc1oc2c3c(ccc2c(=O)c1C)OC[C@H]1[C@@H]3c2ccc3ccccc3c2OC1(C)C. The van der Waals surface area contributed by atoms with Gasteiger partial charge < -0.3 is 13.9 Å². The number of benzene rings is 3. The minimum Gasteiger partial charge on any atom is -0.493 e. The fourth-order valence-electron chi connectivity index (χ4n) is 5.29. The van der Waals surface area contributed by atoms with Gasteiger partial charge in [0.05, 0.1) is 12.0 Å². The first kappa shape index (κ1) is 18.5. The van der Waals surface area contributed by atoms with Gasteiger partial charge in [0.25, 0.3) is 0 Å². The lowest BCUT2D eigenvalue weighted by Gasteiger charge is -2.47. The number of fused-ring (bicyclic) bond motifs is 9. The summed E-state index contributed by atoms with van der Waals surface area (Å²) < 4.78 is 19.1. The van der Waals surface area contributed by atoms with E-state index in [9.17, 15) is 4.79 Å². The molecule has 156 valence electrons. The van der Waals surface area contributed by atoms with E-state index in [1.807, 2.05) is 38.1 Å². The summed E-state index contributed by atoms with van der Waals surface area (Å²) in [5.41, 5.74) is 2.95. The van der Waals surface area contributed by atoms with Gasteiger partial charge in [-0.05, 0) is 45.2 Å². The predicted molar refractivity (Wildman–Crippen MR) is 121 cm³/mol. The summed E-state index contributed by atoms with van der Waals surface area (Å²) in [6, 6.07) is 16.4. The van der Waals surface area contributed by atoms with E-state index in [-0.39, 0.29) is 17.3 Å². The lowest BCUT2D eigenvalue weighted by molar-refractivity contribution is -0.0121. The van der Waals surface area contributed by atoms with Crippen molar-refractivity contribution in [1.82, 2.24) is 0 Å². The van der Waals surface area contributed by atoms with Crippen LogP contribution in [-0.2, 0) is 0 Å². The van der Waals surface area contributed by atoms with Gasteiger partial charge in [0, 0.05) is 33.9 Å². The molecule has 4 nitrogen and oxygen atoms in total. The minimum absolute atomic E-state index is 0.0149. The van der Waals surface area contributed by atoms with E-state index in [0.717, 1.165) is 33.4 Å². The van der Waals surface area contributed by atoms with Crippen LogP contribution in [0.3, 0.4) is 0 Å². The Labute approximate surface area is 180 Å². The first-order valence-electron chi connectivity index (χ1n) is 10.8. The number of hydrogen-bond acceptors (Lipinski definition) is 4. The molecule has 31 heavy (non-hydrogen) atoms. The van der Waals surface area contributed by atoms with Crippen molar-refractivity contribution >= 4 is 21.7 Å². The summed E-state index contributed by atoms with van der Waals surface area (Å²) in [6.07, 6.45) is 0. The third-order valence-corrected chi connectivity index (χ3v) is 7.16. The number of rotatable bonds is 0. The summed E-state index contributed by atoms with van der Waals surface area (Å²) in [4.78, 5) is 13.0. The molecule has 0 amide bonds. The van der Waals surface area contributed by atoms with Crippen LogP contribution < -0.4 is 14.9 Å². The molecule has 0 fully saturated rings. The number of hydrogen-bond donors (Lipinski definition) is 0. The van der Waals surface area contributed by atoms with E-state index in [0.29, 0.717) is 28.9 Å². The predicted octanol–water partition coefficient (Wildman–Crippen LogP) is 5.87. The Morgan fingerprint density at radius 1 is 0.968 bits per heavy atom. The molecular formula is C27H24O4. The molecule has 4 heteroatoms. The first-order valence-corrected chi connectivity index (χ1v) is 10.8. The average molecular weight is 412 g/mol. The van der Waals surface area contributed by atoms with Crippen LogP contribution >= 0.6 is 0 Å². The monoisotopic (exact) mass is 412 g/mol. The third-order valence-electron chi connectivity index (χ3n) is 7.16. The summed E-state index contributed by atoms with van der Waals surface area (Å²) >= 11 is 0. The van der Waals surface area contributed by atoms with Gasteiger partial charge in [-0.1, -0.05) is 36.4 Å². The van der Waals surface area contributed by atoms with Crippen molar-refractivity contribution in [2.24, 2.45) is 5.92 Å². The van der Waals surface area contributed by atoms with Gasteiger partial charge in [-0.25, -0.2) is 0 Å². The molecule has 0 N–H and O–H groups in total. The van der Waals surface area contributed by atoms with Crippen molar-refractivity contribution in [3.63, 3.8) is 0 Å². The second-order valence-electron chi connectivity index (χ2n) is 9.27. The van der Waals surface area contributed by atoms with Gasteiger partial charge in [0.1, 0.15) is 28.4 Å². The maximum absolute atomic E-state index is 13.0. The standard InChI is InChI=1S/C27H24O4/c1-14-15(2)30-26-19(24(14)28)11-12-21-23(26)22-18-10-9-16-7-5-6-8-17(16)25(18)31-27(3,4)20(22)13-29-21/h5-12,20,22H,13H2,1-4H3/t20-,22-/m0/s1. The highest BCUT2D eigenvalue weighted by Gasteiger charge is 2.49. The largest absolute Gasteiger partial charge is 0.493 e. The molecule has 4 aromatic rings. The zero-order valence-electron chi connectivity index (χ0n) is 18.1. The summed E-state index contributed by atoms with van der Waals surface area (Å²) in [5, 5.41) is 2.87. The highest BCUT2D eigenvalue weighted by molar-refractivity contribution is 5.91. The van der Waals surface area contributed by atoms with Gasteiger partial charge in [-0.2, -0.15) is 0 Å². The van der Waals surface area contributed by atoms with E-state index in [1.54, 1.807) is 0 Å². The van der Waals surface area contributed by atoms with Gasteiger partial charge in [-0.15, -0.1) is 0 Å². The molecule has 0 unspecified atom stereocenters. The molecule has 0 saturated heterocycles. The lowest BCUT2D eigenvalue weighted by atomic mass is 9.69. The van der Waals surface area contributed by atoms with Crippen LogP contribution in [0.1, 0.15) is 42.2 Å². The van der Waals surface area contributed by atoms with Crippen molar-refractivity contribution < 1.29 is 13.9 Å². The number of ether oxygens (including phenoxy) is 2. The van der Waals surface area contributed by atoms with Gasteiger partial charge in [0.15, 0.2) is 5.43 Å². The molecule has 3 aromatic carbocycles. The molecule has 2 aliphatic rings. The van der Waals surface area contributed by atoms with Crippen LogP contribution in [0.2, 0.25) is 0 Å². The Morgan fingerprint density at radius 3 is 2.61 bits per heavy atom. The van der Waals surface area contributed by atoms with E-state index in [4.69, 9.17) is 13.9 Å². The van der Waals surface area contributed by atoms with E-state index < -0.39 is 5.60 Å². The van der Waals surface area contributed by atoms with Crippen molar-refractivity contribution in [2.75, 3.05) is 6.61 Å². The lowest BCUT2D eigenvalue weighted by Crippen LogP contribution is -2.49. The quantitative estimate of drug-likeness (QED) is 0.362. The van der Waals surface area contributed by atoms with E-state index in [1.165, 1.54) is 0 Å². The molecule has 2 aliphatic heterocycles. The number of aryl methyl sites for hydroxylation is 1. The molecule has 1 aromatic heterocycles. The van der Waals surface area contributed by atoms with Crippen molar-refractivity contribution in [3.8, 4) is 11.5 Å². The van der Waals surface area contributed by atoms with Crippen molar-refractivity contribution in [1.29, 1.82) is 0 Å². The Balaban J connectivity index is 1.73. The molecule has 2 atom stereocenters. The van der Waals surface area contributed by atoms with Crippen LogP contribution in [0.25, 0.3) is 21.7 Å². The molecule has 0 aliphatic carbocycles. The average Bonchev–Trinajstić information content (AvgIpc) is 2.76. The second-order valence-corrected chi connectivity index (χ2v) is 9.27. The highest BCUT2D eigenvalue weighted by Crippen LogP contribution is 2.55. The van der Waals surface area contributed by atoms with E-state index in [2.05, 4.69) is 38.1 Å². The topological polar surface area (TPSA) is 48.7 Å². The minimum atomic E-state index is -0.443. The first-order chi connectivity index (χ1) is 14.9. The molecule has 0 radical (unpaired) electrons. The Kier molecular flexibility index (Phi) is 3.66. The molecule has 6 rings (SSSR count). The second kappa shape index (κ2) is 6.13. The highest BCUT2D eigenvalue weighted by atomic mass is 16.5. The molecule has 0 saturated carbocycles. The van der Waals surface area contributed by atoms with Crippen molar-refractivity contribution in [3.05, 3.63) is 81.2 Å². The molecule has 0 spiro atoms. The van der Waals surface area contributed by atoms with Crippen LogP contribution in [0.15, 0.2) is 57.7 Å². The van der Waals surface area contributed by atoms with Gasteiger partial charge in [0.2, 0.25) is 0 Å². The van der Waals surface area contributed by atoms with Gasteiger partial charge in [-0.3, -0.25) is 4.79 Å². The maximum Gasteiger partial charge on any atom is 0.195 e. The third kappa shape index (κ3) is 2.45. The van der Waals surface area contributed by atoms with Crippen molar-refractivity contribution in [2.45, 2.75) is 39.2 Å². The fraction of sp³-hybridized carbons (Fsp3) is 0.296. The van der Waals surface area contributed by atoms with Crippen LogP contribution in [-0.4, -0.2) is 12.2 Å². The summed E-state index contributed by atoms with van der Waals surface area (Å²) in [7, 11) is 0. The zero-order valence-corrected chi connectivity index (χ0v) is 18.1. The zero-order chi connectivity index (χ0) is 21.5.